The van der Waals surface area contributed by atoms with Crippen LogP contribution in [0.3, 0.4) is 0 Å². The lowest BCUT2D eigenvalue weighted by Gasteiger charge is -2.07. The first-order valence-corrected chi connectivity index (χ1v) is 7.06. The number of esters is 1. The summed E-state index contributed by atoms with van der Waals surface area (Å²) in [6.45, 7) is 0.496. The molecule has 108 valence electrons. The number of halogens is 2. The van der Waals surface area contributed by atoms with Gasteiger partial charge in [-0.3, -0.25) is 4.79 Å². The van der Waals surface area contributed by atoms with Gasteiger partial charge in [-0.2, -0.15) is 0 Å². The summed E-state index contributed by atoms with van der Waals surface area (Å²) < 4.78 is 5.15. The molecule has 0 spiro atoms. The number of nitrogens with zero attached hydrogens (tertiary/aromatic N) is 3. The first-order chi connectivity index (χ1) is 9.65. The van der Waals surface area contributed by atoms with E-state index in [-0.39, 0.29) is 11.7 Å². The van der Waals surface area contributed by atoms with Gasteiger partial charge in [-0.15, -0.1) is 0 Å². The maximum Gasteiger partial charge on any atom is 0.311 e. The lowest BCUT2D eigenvalue weighted by molar-refractivity contribution is -0.134. The molecule has 0 aliphatic heterocycles. The van der Waals surface area contributed by atoms with E-state index in [1.807, 2.05) is 0 Å². The highest BCUT2D eigenvalue weighted by Gasteiger charge is 2.11. The third-order valence-electron chi connectivity index (χ3n) is 2.59. The van der Waals surface area contributed by atoms with Crippen LogP contribution < -0.4 is 4.74 Å². The van der Waals surface area contributed by atoms with E-state index in [9.17, 15) is 4.79 Å². The van der Waals surface area contributed by atoms with Crippen molar-refractivity contribution in [1.29, 1.82) is 0 Å². The summed E-state index contributed by atoms with van der Waals surface area (Å²) in [7, 11) is 0. The van der Waals surface area contributed by atoms with E-state index < -0.39 is 0 Å². The number of unbranched alkanes of at least 4 members (excludes halogenated alkanes) is 3. The molecule has 0 N–H and O–H groups in total. The fourth-order valence-corrected chi connectivity index (χ4v) is 2.07. The fourth-order valence-electron chi connectivity index (χ4n) is 1.60. The van der Waals surface area contributed by atoms with Crippen LogP contribution in [0.15, 0.2) is 23.3 Å². The molecule has 7 heteroatoms. The number of rotatable bonds is 8. The number of carbonyl (C=O) groups excluding carboxylic acids is 1. The molecule has 0 radical (unpaired) electrons. The lowest BCUT2D eigenvalue weighted by Crippen LogP contribution is -2.08. The highest BCUT2D eigenvalue weighted by molar-refractivity contribution is 6.37. The monoisotopic (exact) mass is 315 g/mol. The van der Waals surface area contributed by atoms with Gasteiger partial charge in [-0.05, 0) is 30.5 Å². The molecule has 0 bridgehead atoms. The number of azide groups is 1. The van der Waals surface area contributed by atoms with Crippen molar-refractivity contribution in [2.24, 2.45) is 5.11 Å². The quantitative estimate of drug-likeness (QED) is 0.166. The molecule has 1 rings (SSSR count). The Hall–Kier alpha value is -1.42. The number of hydrogen-bond acceptors (Lipinski definition) is 3. The van der Waals surface area contributed by atoms with Crippen LogP contribution in [0, 0.1) is 0 Å². The molecule has 0 saturated heterocycles. The van der Waals surface area contributed by atoms with Crippen molar-refractivity contribution in [3.63, 3.8) is 0 Å². The van der Waals surface area contributed by atoms with Crippen LogP contribution in [0.2, 0.25) is 10.0 Å². The Morgan fingerprint density at radius 3 is 2.50 bits per heavy atom. The summed E-state index contributed by atoms with van der Waals surface area (Å²) in [5.74, 6) is -0.140. The van der Waals surface area contributed by atoms with Crippen LogP contribution in [0.5, 0.6) is 5.75 Å². The number of benzene rings is 1. The molecule has 5 nitrogen and oxygen atoms in total. The average Bonchev–Trinajstić information content (AvgIpc) is 2.42. The molecule has 20 heavy (non-hydrogen) atoms. The maximum absolute atomic E-state index is 11.6. The van der Waals surface area contributed by atoms with E-state index in [0.717, 1.165) is 25.7 Å². The SMILES string of the molecule is [N-]=[N+]=NCCCCCCC(=O)Oc1c(Cl)cccc1Cl. The van der Waals surface area contributed by atoms with Crippen molar-refractivity contribution in [2.75, 3.05) is 6.54 Å². The molecule has 0 atom stereocenters. The van der Waals surface area contributed by atoms with E-state index in [1.54, 1.807) is 18.2 Å². The van der Waals surface area contributed by atoms with Gasteiger partial charge in [0.2, 0.25) is 0 Å². The van der Waals surface area contributed by atoms with Gasteiger partial charge in [0.25, 0.3) is 0 Å². The second kappa shape index (κ2) is 9.48. The molecule has 0 heterocycles. The predicted octanol–water partition coefficient (Wildman–Crippen LogP) is 5.16. The summed E-state index contributed by atoms with van der Waals surface area (Å²) in [5.41, 5.74) is 8.10. The van der Waals surface area contributed by atoms with Gasteiger partial charge < -0.3 is 4.74 Å². The van der Waals surface area contributed by atoms with Gasteiger partial charge in [-0.1, -0.05) is 47.2 Å². The lowest BCUT2D eigenvalue weighted by atomic mass is 10.1. The van der Waals surface area contributed by atoms with Crippen LogP contribution in [-0.2, 0) is 4.79 Å². The number of carbonyl (C=O) groups is 1. The number of hydrogen-bond donors (Lipinski definition) is 0. The molecule has 1 aromatic rings. The first kappa shape index (κ1) is 16.6. The summed E-state index contributed by atoms with van der Waals surface area (Å²) in [4.78, 5) is 14.3. The van der Waals surface area contributed by atoms with Gasteiger partial charge >= 0.3 is 5.97 Å². The second-order valence-corrected chi connectivity index (χ2v) is 4.96. The van der Waals surface area contributed by atoms with Gasteiger partial charge in [0.05, 0.1) is 10.0 Å². The van der Waals surface area contributed by atoms with Crippen molar-refractivity contribution in [3.05, 3.63) is 38.7 Å². The number of ether oxygens (including phenoxy) is 1. The minimum atomic E-state index is -0.352. The van der Waals surface area contributed by atoms with Crippen molar-refractivity contribution in [1.82, 2.24) is 0 Å². The molecule has 0 unspecified atom stereocenters. The largest absolute Gasteiger partial charge is 0.423 e. The average molecular weight is 316 g/mol. The normalized spacial score (nSPS) is 9.90. The molecule has 0 saturated carbocycles. The van der Waals surface area contributed by atoms with Crippen LogP contribution in [0.25, 0.3) is 10.4 Å². The minimum absolute atomic E-state index is 0.212. The van der Waals surface area contributed by atoms with Gasteiger partial charge in [0, 0.05) is 17.9 Å². The summed E-state index contributed by atoms with van der Waals surface area (Å²) in [6, 6.07) is 4.92. The third-order valence-corrected chi connectivity index (χ3v) is 3.18. The van der Waals surface area contributed by atoms with Crippen molar-refractivity contribution >= 4 is 29.2 Å². The zero-order valence-corrected chi connectivity index (χ0v) is 12.4. The van der Waals surface area contributed by atoms with E-state index in [4.69, 9.17) is 33.5 Å². The Kier molecular flexibility index (Phi) is 7.88. The van der Waals surface area contributed by atoms with Crippen LogP contribution in [0.4, 0.5) is 0 Å². The Labute approximate surface area is 127 Å². The van der Waals surface area contributed by atoms with Crippen molar-refractivity contribution in [3.8, 4) is 5.75 Å². The molecular weight excluding hydrogens is 301 g/mol. The summed E-state index contributed by atoms with van der Waals surface area (Å²) in [5, 5.41) is 4.08. The highest BCUT2D eigenvalue weighted by Crippen LogP contribution is 2.32. The van der Waals surface area contributed by atoms with E-state index in [1.165, 1.54) is 0 Å². The van der Waals surface area contributed by atoms with E-state index in [0.29, 0.717) is 23.0 Å². The third kappa shape index (κ3) is 6.15. The molecular formula is C13H15Cl2N3O2. The molecule has 1 aromatic carbocycles. The number of para-hydroxylation sites is 1. The van der Waals surface area contributed by atoms with Gasteiger partial charge in [0.1, 0.15) is 0 Å². The topological polar surface area (TPSA) is 75.1 Å². The standard InChI is InChI=1S/C13H15Cl2N3O2/c14-10-6-5-7-11(15)13(10)20-12(19)8-3-1-2-4-9-17-18-16/h5-7H,1-4,8-9H2. The van der Waals surface area contributed by atoms with Crippen molar-refractivity contribution < 1.29 is 9.53 Å². The highest BCUT2D eigenvalue weighted by atomic mass is 35.5. The predicted molar refractivity (Wildman–Crippen MR) is 79.2 cm³/mol. The Morgan fingerprint density at radius 2 is 1.85 bits per heavy atom. The Morgan fingerprint density at radius 1 is 1.20 bits per heavy atom. The molecule has 0 fully saturated rings. The zero-order valence-electron chi connectivity index (χ0n) is 10.9. The van der Waals surface area contributed by atoms with Gasteiger partial charge in [-0.25, -0.2) is 0 Å². The van der Waals surface area contributed by atoms with Gasteiger partial charge in [0.15, 0.2) is 5.75 Å². The molecule has 0 aliphatic rings. The van der Waals surface area contributed by atoms with E-state index in [2.05, 4.69) is 10.0 Å². The molecule has 0 aromatic heterocycles. The van der Waals surface area contributed by atoms with Crippen molar-refractivity contribution in [2.45, 2.75) is 32.1 Å². The minimum Gasteiger partial charge on any atom is -0.423 e. The first-order valence-electron chi connectivity index (χ1n) is 6.30. The molecule has 0 amide bonds. The Bertz CT molecular complexity index is 482. The summed E-state index contributed by atoms with van der Waals surface area (Å²) >= 11 is 11.8. The second-order valence-electron chi connectivity index (χ2n) is 4.14. The maximum atomic E-state index is 11.6. The fraction of sp³-hybridized carbons (Fsp3) is 0.462. The van der Waals surface area contributed by atoms with Crippen LogP contribution in [0.1, 0.15) is 32.1 Å². The van der Waals surface area contributed by atoms with E-state index >= 15 is 0 Å². The summed E-state index contributed by atoms with van der Waals surface area (Å²) in [6.07, 6.45) is 3.65. The van der Waals surface area contributed by atoms with Crippen LogP contribution >= 0.6 is 23.2 Å². The zero-order chi connectivity index (χ0) is 14.8. The smallest absolute Gasteiger partial charge is 0.311 e. The van der Waals surface area contributed by atoms with Crippen LogP contribution in [-0.4, -0.2) is 12.5 Å². The Balaban J connectivity index is 2.25. The molecule has 0 aliphatic carbocycles.